The van der Waals surface area contributed by atoms with E-state index >= 15 is 0 Å². The number of nitrogens with zero attached hydrogens (tertiary/aromatic N) is 2. The predicted molar refractivity (Wildman–Crippen MR) is 62.2 cm³/mol. The summed E-state index contributed by atoms with van der Waals surface area (Å²) in [5.74, 6) is -1.00. The molecule has 0 unspecified atom stereocenters. The van der Waals surface area contributed by atoms with Gasteiger partial charge in [-0.1, -0.05) is 12.1 Å². The highest BCUT2D eigenvalue weighted by molar-refractivity contribution is 5.74. The highest BCUT2D eigenvalue weighted by Gasteiger charge is 2.03. The van der Waals surface area contributed by atoms with Gasteiger partial charge in [0.15, 0.2) is 5.83 Å². The molecule has 1 aromatic heterocycles. The minimum Gasteiger partial charge on any atom is -0.255 e. The first-order chi connectivity index (χ1) is 8.69. The van der Waals surface area contributed by atoms with E-state index in [0.717, 1.165) is 6.20 Å². The van der Waals surface area contributed by atoms with Gasteiger partial charge in [-0.25, -0.2) is 13.2 Å². The Bertz CT molecular complexity index is 547. The molecule has 0 saturated carbocycles. The first-order valence-corrected chi connectivity index (χ1v) is 5.19. The number of alkyl halides is 1. The lowest BCUT2D eigenvalue weighted by molar-refractivity contribution is 0.474. The van der Waals surface area contributed by atoms with Crippen LogP contribution in [0, 0.1) is 5.82 Å². The smallest absolute Gasteiger partial charge is 0.150 e. The van der Waals surface area contributed by atoms with E-state index in [2.05, 4.69) is 9.97 Å². The van der Waals surface area contributed by atoms with Crippen LogP contribution in [0.5, 0.6) is 0 Å². The number of rotatable bonds is 3. The average Bonchev–Trinajstić information content (AvgIpc) is 2.41. The lowest BCUT2D eigenvalue weighted by Crippen LogP contribution is -1.91. The quantitative estimate of drug-likeness (QED) is 0.832. The van der Waals surface area contributed by atoms with Crippen LogP contribution in [0.15, 0.2) is 36.7 Å². The molecule has 2 nitrogen and oxygen atoms in total. The van der Waals surface area contributed by atoms with E-state index < -0.39 is 12.5 Å². The zero-order valence-corrected chi connectivity index (χ0v) is 9.28. The minimum atomic E-state index is -0.740. The van der Waals surface area contributed by atoms with Crippen LogP contribution in [0.1, 0.15) is 17.0 Å². The summed E-state index contributed by atoms with van der Waals surface area (Å²) in [6, 6.07) is 5.35. The summed E-state index contributed by atoms with van der Waals surface area (Å²) in [6.07, 6.45) is 3.54. The Morgan fingerprint density at radius 3 is 2.39 bits per heavy atom. The first kappa shape index (κ1) is 12.3. The van der Waals surface area contributed by atoms with Gasteiger partial charge in [0.2, 0.25) is 0 Å². The molecule has 2 rings (SSSR count). The zero-order chi connectivity index (χ0) is 13.0. The van der Waals surface area contributed by atoms with E-state index in [1.54, 1.807) is 0 Å². The molecule has 0 aliphatic carbocycles. The Hall–Kier alpha value is -2.17. The topological polar surface area (TPSA) is 25.8 Å². The van der Waals surface area contributed by atoms with E-state index in [-0.39, 0.29) is 17.2 Å². The van der Waals surface area contributed by atoms with Crippen LogP contribution in [0.4, 0.5) is 13.2 Å². The van der Waals surface area contributed by atoms with E-state index in [0.29, 0.717) is 5.56 Å². The number of halogens is 3. The lowest BCUT2D eigenvalue weighted by atomic mass is 10.2. The summed E-state index contributed by atoms with van der Waals surface area (Å²) in [7, 11) is 0. The zero-order valence-electron chi connectivity index (χ0n) is 9.28. The molecule has 1 aromatic carbocycles. The van der Waals surface area contributed by atoms with Crippen LogP contribution < -0.4 is 0 Å². The second kappa shape index (κ2) is 5.44. The molecule has 0 fully saturated rings. The van der Waals surface area contributed by atoms with Crippen LogP contribution >= 0.6 is 0 Å². The Labute approximate surface area is 102 Å². The van der Waals surface area contributed by atoms with Gasteiger partial charge in [-0.15, -0.1) is 0 Å². The van der Waals surface area contributed by atoms with Gasteiger partial charge in [0, 0.05) is 0 Å². The highest BCUT2D eigenvalue weighted by atomic mass is 19.1. The summed E-state index contributed by atoms with van der Waals surface area (Å²) in [6.45, 7) is -0.740. The molecule has 0 aliphatic rings. The fourth-order valence-corrected chi connectivity index (χ4v) is 1.33. The van der Waals surface area contributed by atoms with Crippen molar-refractivity contribution in [2.75, 3.05) is 0 Å². The fourth-order valence-electron chi connectivity index (χ4n) is 1.33. The van der Waals surface area contributed by atoms with Gasteiger partial charge in [0.25, 0.3) is 0 Å². The summed E-state index contributed by atoms with van der Waals surface area (Å²) in [5.41, 5.74) is 0.662. The second-order valence-corrected chi connectivity index (χ2v) is 3.57. The monoisotopic (exact) mass is 250 g/mol. The normalized spacial score (nSPS) is 11.6. The maximum atomic E-state index is 13.7. The van der Waals surface area contributed by atoms with E-state index in [9.17, 15) is 13.2 Å². The van der Waals surface area contributed by atoms with Crippen molar-refractivity contribution in [3.8, 4) is 0 Å². The van der Waals surface area contributed by atoms with Crippen molar-refractivity contribution < 1.29 is 13.2 Å². The third-order valence-electron chi connectivity index (χ3n) is 2.25. The van der Waals surface area contributed by atoms with Crippen molar-refractivity contribution in [2.24, 2.45) is 0 Å². The molecule has 18 heavy (non-hydrogen) atoms. The van der Waals surface area contributed by atoms with Crippen molar-refractivity contribution in [3.05, 3.63) is 59.4 Å². The Morgan fingerprint density at radius 2 is 1.83 bits per heavy atom. The molecule has 0 N–H and O–H groups in total. The van der Waals surface area contributed by atoms with Gasteiger partial charge < -0.3 is 0 Å². The number of benzene rings is 1. The molecule has 0 radical (unpaired) electrons. The maximum absolute atomic E-state index is 13.7. The molecular weight excluding hydrogens is 241 g/mol. The largest absolute Gasteiger partial charge is 0.255 e. The summed E-state index contributed by atoms with van der Waals surface area (Å²) >= 11 is 0. The summed E-state index contributed by atoms with van der Waals surface area (Å²) in [5, 5.41) is 0. The third kappa shape index (κ3) is 2.94. The van der Waals surface area contributed by atoms with Gasteiger partial charge >= 0.3 is 0 Å². The summed E-state index contributed by atoms with van der Waals surface area (Å²) in [4.78, 5) is 7.44. The van der Waals surface area contributed by atoms with Gasteiger partial charge in [-0.05, 0) is 23.8 Å². The molecular formula is C13H9F3N2. The van der Waals surface area contributed by atoms with Crippen molar-refractivity contribution in [1.82, 2.24) is 9.97 Å². The van der Waals surface area contributed by atoms with Crippen LogP contribution in [0.3, 0.4) is 0 Å². The lowest BCUT2D eigenvalue weighted by Gasteiger charge is -1.98. The van der Waals surface area contributed by atoms with Gasteiger partial charge in [0.05, 0.1) is 18.1 Å². The minimum absolute atomic E-state index is 0.0107. The highest BCUT2D eigenvalue weighted by Crippen LogP contribution is 2.17. The summed E-state index contributed by atoms with van der Waals surface area (Å²) < 4.78 is 38.6. The molecule has 0 saturated heterocycles. The molecule has 5 heteroatoms. The maximum Gasteiger partial charge on any atom is 0.150 e. The molecule has 92 valence electrons. The van der Waals surface area contributed by atoms with Crippen LogP contribution in [0.25, 0.3) is 11.9 Å². The Balaban J connectivity index is 2.23. The van der Waals surface area contributed by atoms with Crippen molar-refractivity contribution >= 4 is 11.9 Å². The van der Waals surface area contributed by atoms with E-state index in [1.165, 1.54) is 36.5 Å². The SMILES string of the molecule is FCc1cnc(/C(F)=C/c2ccc(F)cc2)cn1. The Morgan fingerprint density at radius 1 is 1.11 bits per heavy atom. The standard InChI is InChI=1S/C13H9F3N2/c14-6-11-7-18-13(8-17-11)12(16)5-9-1-3-10(15)4-2-9/h1-5,7-8H,6H2/b12-5-. The number of hydrogen-bond donors (Lipinski definition) is 0. The third-order valence-corrected chi connectivity index (χ3v) is 2.25. The first-order valence-electron chi connectivity index (χ1n) is 5.19. The molecule has 1 heterocycles. The van der Waals surface area contributed by atoms with Crippen molar-refractivity contribution in [1.29, 1.82) is 0 Å². The fraction of sp³-hybridized carbons (Fsp3) is 0.0769. The van der Waals surface area contributed by atoms with E-state index in [4.69, 9.17) is 0 Å². The van der Waals surface area contributed by atoms with Crippen LogP contribution in [0.2, 0.25) is 0 Å². The molecule has 0 atom stereocenters. The van der Waals surface area contributed by atoms with Gasteiger partial charge in [-0.3, -0.25) is 9.97 Å². The molecule has 0 spiro atoms. The molecule has 0 aliphatic heterocycles. The molecule has 0 amide bonds. The Kier molecular flexibility index (Phi) is 3.72. The second-order valence-electron chi connectivity index (χ2n) is 3.57. The molecule has 2 aromatic rings. The predicted octanol–water partition coefficient (Wildman–Crippen LogP) is 3.55. The van der Waals surface area contributed by atoms with E-state index in [1.807, 2.05) is 0 Å². The molecule has 0 bridgehead atoms. The van der Waals surface area contributed by atoms with Crippen LogP contribution in [-0.2, 0) is 6.67 Å². The number of aromatic nitrogens is 2. The van der Waals surface area contributed by atoms with Crippen molar-refractivity contribution in [3.63, 3.8) is 0 Å². The van der Waals surface area contributed by atoms with Gasteiger partial charge in [0.1, 0.15) is 18.2 Å². The van der Waals surface area contributed by atoms with Gasteiger partial charge in [-0.2, -0.15) is 0 Å². The average molecular weight is 250 g/mol. The van der Waals surface area contributed by atoms with Crippen LogP contribution in [-0.4, -0.2) is 9.97 Å². The van der Waals surface area contributed by atoms with Crippen molar-refractivity contribution in [2.45, 2.75) is 6.67 Å². The number of hydrogen-bond acceptors (Lipinski definition) is 2.